The second-order valence-electron chi connectivity index (χ2n) is 3.00. The van der Waals surface area contributed by atoms with Crippen molar-refractivity contribution in [2.24, 2.45) is 0 Å². The zero-order valence-corrected chi connectivity index (χ0v) is 8.97. The van der Waals surface area contributed by atoms with Gasteiger partial charge < -0.3 is 4.74 Å². The lowest BCUT2D eigenvalue weighted by atomic mass is 10.1. The topological polar surface area (TPSA) is 69.4 Å². The first-order valence-electron chi connectivity index (χ1n) is 4.59. The summed E-state index contributed by atoms with van der Waals surface area (Å²) in [5.74, 6) is -0.511. The van der Waals surface area contributed by atoms with E-state index >= 15 is 0 Å². The van der Waals surface area contributed by atoms with Gasteiger partial charge >= 0.3 is 5.97 Å². The Labute approximate surface area is 92.5 Å². The second-order valence-corrected chi connectivity index (χ2v) is 3.00. The highest BCUT2D eigenvalue weighted by Crippen LogP contribution is 2.20. The quantitative estimate of drug-likeness (QED) is 0.339. The Morgan fingerprint density at radius 1 is 1.50 bits per heavy atom. The third-order valence-electron chi connectivity index (χ3n) is 2.06. The van der Waals surface area contributed by atoms with Crippen LogP contribution in [0.1, 0.15) is 12.5 Å². The van der Waals surface area contributed by atoms with Crippen molar-refractivity contribution in [1.29, 1.82) is 0 Å². The molecule has 1 aromatic carbocycles. The smallest absolute Gasteiger partial charge is 0.338 e. The maximum atomic E-state index is 11.4. The number of hydrogen-bond acceptors (Lipinski definition) is 4. The highest BCUT2D eigenvalue weighted by molar-refractivity contribution is 6.16. The summed E-state index contributed by atoms with van der Waals surface area (Å²) in [6.07, 6.45) is 1.56. The van der Waals surface area contributed by atoms with Crippen LogP contribution in [-0.2, 0) is 9.53 Å². The molecule has 0 fully saturated rings. The fraction of sp³-hybridized carbons (Fsp3) is 0.182. The van der Waals surface area contributed by atoms with Crippen LogP contribution in [0.4, 0.5) is 5.69 Å². The summed E-state index contributed by atoms with van der Waals surface area (Å²) >= 11 is 0. The van der Waals surface area contributed by atoms with E-state index in [4.69, 9.17) is 0 Å². The first-order chi connectivity index (χ1) is 7.60. The number of nitro benzene ring substituents is 1. The summed E-state index contributed by atoms with van der Waals surface area (Å²) in [5.41, 5.74) is 0.732. The van der Waals surface area contributed by atoms with E-state index in [1.165, 1.54) is 25.3 Å². The van der Waals surface area contributed by atoms with Gasteiger partial charge in [0.2, 0.25) is 0 Å². The lowest BCUT2D eigenvalue weighted by Gasteiger charge is -2.04. The third kappa shape index (κ3) is 2.44. The number of rotatable bonds is 3. The van der Waals surface area contributed by atoms with E-state index in [-0.39, 0.29) is 5.69 Å². The molecule has 1 aromatic rings. The minimum absolute atomic E-state index is 0.0549. The number of methoxy groups -OCH3 is 1. The van der Waals surface area contributed by atoms with Crippen molar-refractivity contribution >= 4 is 17.2 Å². The molecule has 0 saturated carbocycles. The number of ether oxygens (including phenoxy) is 1. The van der Waals surface area contributed by atoms with Gasteiger partial charge in [0.05, 0.1) is 17.6 Å². The van der Waals surface area contributed by atoms with Crippen LogP contribution in [0.3, 0.4) is 0 Å². The summed E-state index contributed by atoms with van der Waals surface area (Å²) in [5, 5.41) is 10.6. The molecule has 0 unspecified atom stereocenters. The molecule has 16 heavy (non-hydrogen) atoms. The van der Waals surface area contributed by atoms with Crippen LogP contribution in [-0.4, -0.2) is 18.0 Å². The van der Waals surface area contributed by atoms with Gasteiger partial charge in [-0.3, -0.25) is 10.1 Å². The van der Waals surface area contributed by atoms with E-state index in [0.717, 1.165) is 0 Å². The van der Waals surface area contributed by atoms with Gasteiger partial charge in [-0.05, 0) is 12.5 Å². The highest BCUT2D eigenvalue weighted by Gasteiger charge is 2.14. The molecular formula is C11H11NO4. The molecule has 0 aliphatic heterocycles. The summed E-state index contributed by atoms with van der Waals surface area (Å²) in [6, 6.07) is 5.86. The van der Waals surface area contributed by atoms with Crippen LogP contribution in [0, 0.1) is 10.1 Å². The Bertz CT molecular complexity index is 451. The maximum absolute atomic E-state index is 11.4. The van der Waals surface area contributed by atoms with Crippen LogP contribution in [0.15, 0.2) is 30.3 Å². The Balaban J connectivity index is 3.17. The Kier molecular flexibility index (Phi) is 3.77. The van der Waals surface area contributed by atoms with Crippen LogP contribution in [0.2, 0.25) is 0 Å². The van der Waals surface area contributed by atoms with Gasteiger partial charge in [-0.25, -0.2) is 4.79 Å². The van der Waals surface area contributed by atoms with E-state index in [1.807, 2.05) is 0 Å². The summed E-state index contributed by atoms with van der Waals surface area (Å²) in [7, 11) is 1.27. The van der Waals surface area contributed by atoms with Crippen LogP contribution in [0.25, 0.3) is 5.57 Å². The summed E-state index contributed by atoms with van der Waals surface area (Å²) in [6.45, 7) is 1.67. The first-order valence-corrected chi connectivity index (χ1v) is 4.59. The van der Waals surface area contributed by atoms with Gasteiger partial charge in [-0.2, -0.15) is 0 Å². The first kappa shape index (κ1) is 11.9. The number of non-ortho nitro benzene ring substituents is 1. The molecule has 0 spiro atoms. The standard InChI is InChI=1S/C11H11NO4/c1-3-10(11(13)16-2)8-5-4-6-9(7-8)12(14)15/h3-7H,1-2H3. The number of esters is 1. The molecule has 1 rings (SSSR count). The summed E-state index contributed by atoms with van der Waals surface area (Å²) in [4.78, 5) is 21.4. The van der Waals surface area contributed by atoms with Crippen molar-refractivity contribution in [1.82, 2.24) is 0 Å². The van der Waals surface area contributed by atoms with Crippen LogP contribution >= 0.6 is 0 Å². The number of benzene rings is 1. The Morgan fingerprint density at radius 3 is 2.69 bits per heavy atom. The Hall–Kier alpha value is -2.17. The fourth-order valence-electron chi connectivity index (χ4n) is 1.30. The number of carbonyl (C=O) groups excluding carboxylic acids is 1. The SMILES string of the molecule is CC=C(C(=O)OC)c1cccc([N+](=O)[O-])c1. The van der Waals surface area contributed by atoms with Gasteiger partial charge in [-0.1, -0.05) is 18.2 Å². The normalized spacial score (nSPS) is 11.0. The molecule has 0 aliphatic carbocycles. The highest BCUT2D eigenvalue weighted by atomic mass is 16.6. The van der Waals surface area contributed by atoms with Gasteiger partial charge in [0.1, 0.15) is 0 Å². The number of nitro groups is 1. The third-order valence-corrected chi connectivity index (χ3v) is 2.06. The molecular weight excluding hydrogens is 210 g/mol. The largest absolute Gasteiger partial charge is 0.465 e. The zero-order chi connectivity index (χ0) is 12.1. The van der Waals surface area contributed by atoms with Crippen molar-refractivity contribution in [2.45, 2.75) is 6.92 Å². The molecule has 5 heteroatoms. The summed E-state index contributed by atoms with van der Waals surface area (Å²) < 4.78 is 4.58. The van der Waals surface area contributed by atoms with Crippen molar-refractivity contribution in [3.8, 4) is 0 Å². The van der Waals surface area contributed by atoms with E-state index in [1.54, 1.807) is 19.1 Å². The molecule has 0 atom stereocenters. The van der Waals surface area contributed by atoms with Gasteiger partial charge in [0, 0.05) is 12.1 Å². The van der Waals surface area contributed by atoms with Crippen molar-refractivity contribution < 1.29 is 14.5 Å². The van der Waals surface area contributed by atoms with E-state index in [9.17, 15) is 14.9 Å². The van der Waals surface area contributed by atoms with Gasteiger partial charge in [0.15, 0.2) is 0 Å². The minimum Gasteiger partial charge on any atom is -0.465 e. The number of carbonyl (C=O) groups is 1. The predicted molar refractivity (Wildman–Crippen MR) is 58.8 cm³/mol. The molecule has 0 bridgehead atoms. The molecule has 0 saturated heterocycles. The van der Waals surface area contributed by atoms with Crippen molar-refractivity contribution in [3.63, 3.8) is 0 Å². The van der Waals surface area contributed by atoms with E-state index in [2.05, 4.69) is 4.74 Å². The van der Waals surface area contributed by atoms with Crippen molar-refractivity contribution in [2.75, 3.05) is 7.11 Å². The average molecular weight is 221 g/mol. The molecule has 0 aromatic heterocycles. The molecule has 0 N–H and O–H groups in total. The number of nitrogens with zero attached hydrogens (tertiary/aromatic N) is 1. The lowest BCUT2D eigenvalue weighted by Crippen LogP contribution is -2.03. The van der Waals surface area contributed by atoms with Crippen LogP contribution in [0.5, 0.6) is 0 Å². The number of allylic oxidation sites excluding steroid dienone is 1. The van der Waals surface area contributed by atoms with Gasteiger partial charge in [0.25, 0.3) is 5.69 Å². The van der Waals surface area contributed by atoms with E-state index < -0.39 is 10.9 Å². The molecule has 84 valence electrons. The van der Waals surface area contributed by atoms with E-state index in [0.29, 0.717) is 11.1 Å². The molecule has 0 amide bonds. The lowest BCUT2D eigenvalue weighted by molar-refractivity contribution is -0.384. The molecule has 0 aliphatic rings. The zero-order valence-electron chi connectivity index (χ0n) is 8.97. The molecule has 0 heterocycles. The minimum atomic E-state index is -0.511. The second kappa shape index (κ2) is 5.06. The fourth-order valence-corrected chi connectivity index (χ4v) is 1.30. The van der Waals surface area contributed by atoms with Crippen LogP contribution < -0.4 is 0 Å². The molecule has 0 radical (unpaired) electrons. The predicted octanol–water partition coefficient (Wildman–Crippen LogP) is 2.17. The van der Waals surface area contributed by atoms with Crippen molar-refractivity contribution in [3.05, 3.63) is 46.0 Å². The molecule has 5 nitrogen and oxygen atoms in total. The number of hydrogen-bond donors (Lipinski definition) is 0. The monoisotopic (exact) mass is 221 g/mol. The van der Waals surface area contributed by atoms with Gasteiger partial charge in [-0.15, -0.1) is 0 Å². The average Bonchev–Trinajstić information content (AvgIpc) is 2.30. The Morgan fingerprint density at radius 2 is 2.19 bits per heavy atom. The maximum Gasteiger partial charge on any atom is 0.338 e.